The summed E-state index contributed by atoms with van der Waals surface area (Å²) in [5.74, 6) is -0.163. The van der Waals surface area contributed by atoms with Crippen molar-refractivity contribution in [1.82, 2.24) is 14.3 Å². The zero-order chi connectivity index (χ0) is 17.2. The Labute approximate surface area is 145 Å². The monoisotopic (exact) mass is 334 g/mol. The van der Waals surface area contributed by atoms with Crippen molar-refractivity contribution in [2.24, 2.45) is 0 Å². The maximum absolute atomic E-state index is 12.8. The number of likely N-dealkylation sites (tertiary alicyclic amines) is 1. The normalized spacial score (nSPS) is 14.0. The van der Waals surface area contributed by atoms with E-state index in [1.165, 1.54) is 0 Å². The topological polar surface area (TPSA) is 66.7 Å². The Balaban J connectivity index is 1.72. The van der Waals surface area contributed by atoms with Gasteiger partial charge in [-0.3, -0.25) is 14.0 Å². The predicted octanol–water partition coefficient (Wildman–Crippen LogP) is 2.82. The highest BCUT2D eigenvalue weighted by Crippen LogP contribution is 2.18. The van der Waals surface area contributed by atoms with E-state index in [0.717, 1.165) is 25.9 Å². The van der Waals surface area contributed by atoms with Gasteiger partial charge < -0.3 is 10.2 Å². The van der Waals surface area contributed by atoms with Crippen molar-refractivity contribution in [3.8, 4) is 0 Å². The van der Waals surface area contributed by atoms with E-state index >= 15 is 0 Å². The van der Waals surface area contributed by atoms with Crippen molar-refractivity contribution in [2.45, 2.75) is 12.8 Å². The summed E-state index contributed by atoms with van der Waals surface area (Å²) >= 11 is 0. The van der Waals surface area contributed by atoms with E-state index in [1.807, 2.05) is 42.5 Å². The van der Waals surface area contributed by atoms with Crippen molar-refractivity contribution in [2.75, 3.05) is 18.4 Å². The second-order valence-corrected chi connectivity index (χ2v) is 6.06. The molecule has 4 rings (SSSR count). The van der Waals surface area contributed by atoms with Crippen LogP contribution in [0.2, 0.25) is 0 Å². The first kappa shape index (κ1) is 15.4. The van der Waals surface area contributed by atoms with E-state index in [1.54, 1.807) is 21.6 Å². The summed E-state index contributed by atoms with van der Waals surface area (Å²) in [5, 5.41) is 2.83. The van der Waals surface area contributed by atoms with E-state index in [0.29, 0.717) is 11.2 Å². The van der Waals surface area contributed by atoms with Crippen LogP contribution in [-0.4, -0.2) is 39.2 Å². The largest absolute Gasteiger partial charge is 0.336 e. The molecular formula is C19H18N4O2. The molecule has 1 fully saturated rings. The summed E-state index contributed by atoms with van der Waals surface area (Å²) in [6.45, 7) is 1.48. The highest BCUT2D eigenvalue weighted by molar-refractivity contribution is 6.08. The number of anilines is 1. The lowest BCUT2D eigenvalue weighted by Crippen LogP contribution is -2.29. The van der Waals surface area contributed by atoms with Crippen LogP contribution in [0.1, 0.15) is 33.9 Å². The average Bonchev–Trinajstić information content (AvgIpc) is 3.30. The van der Waals surface area contributed by atoms with Gasteiger partial charge in [-0.25, -0.2) is 4.98 Å². The van der Waals surface area contributed by atoms with Gasteiger partial charge in [0, 0.05) is 25.0 Å². The fourth-order valence-electron chi connectivity index (χ4n) is 3.13. The van der Waals surface area contributed by atoms with Gasteiger partial charge in [0.05, 0.1) is 5.52 Å². The van der Waals surface area contributed by atoms with Crippen LogP contribution in [-0.2, 0) is 0 Å². The number of nitrogens with one attached hydrogen (secondary N) is 1. The molecule has 2 aromatic heterocycles. The number of aromatic nitrogens is 2. The molecule has 3 aromatic rings. The van der Waals surface area contributed by atoms with Gasteiger partial charge in [-0.15, -0.1) is 0 Å². The second kappa shape index (κ2) is 6.39. The molecule has 0 spiro atoms. The molecule has 6 nitrogen and oxygen atoms in total. The van der Waals surface area contributed by atoms with E-state index in [9.17, 15) is 9.59 Å². The standard InChI is InChI=1S/C19H18N4O2/c24-18(20-14-8-2-1-3-9-14)16-15-10-4-5-13-23(15)17(21-16)19(25)22-11-6-7-12-22/h1-5,8-10,13H,6-7,11-12H2,(H,20,24). The number of amides is 2. The number of carbonyl (C=O) groups excluding carboxylic acids is 2. The fraction of sp³-hybridized carbons (Fsp3) is 0.211. The molecule has 1 aliphatic rings. The molecule has 0 bridgehead atoms. The summed E-state index contributed by atoms with van der Waals surface area (Å²) in [4.78, 5) is 31.6. The molecule has 0 atom stereocenters. The van der Waals surface area contributed by atoms with Crippen LogP contribution in [0.25, 0.3) is 5.52 Å². The molecular weight excluding hydrogens is 316 g/mol. The van der Waals surface area contributed by atoms with Crippen molar-refractivity contribution >= 4 is 23.0 Å². The number of imidazole rings is 1. The van der Waals surface area contributed by atoms with Crippen molar-refractivity contribution < 1.29 is 9.59 Å². The number of pyridine rings is 1. The van der Waals surface area contributed by atoms with Gasteiger partial charge in [-0.05, 0) is 37.1 Å². The van der Waals surface area contributed by atoms with E-state index in [2.05, 4.69) is 10.3 Å². The molecule has 0 aliphatic carbocycles. The first-order valence-electron chi connectivity index (χ1n) is 8.37. The number of fused-ring (bicyclic) bond motifs is 1. The number of carbonyl (C=O) groups is 2. The highest BCUT2D eigenvalue weighted by atomic mass is 16.2. The molecule has 1 aliphatic heterocycles. The number of rotatable bonds is 3. The molecule has 0 saturated carbocycles. The van der Waals surface area contributed by atoms with Gasteiger partial charge >= 0.3 is 0 Å². The zero-order valence-corrected chi connectivity index (χ0v) is 13.7. The first-order valence-corrected chi connectivity index (χ1v) is 8.37. The van der Waals surface area contributed by atoms with Crippen LogP contribution in [0.4, 0.5) is 5.69 Å². The molecule has 25 heavy (non-hydrogen) atoms. The third kappa shape index (κ3) is 2.87. The number of para-hydroxylation sites is 1. The zero-order valence-electron chi connectivity index (χ0n) is 13.7. The van der Waals surface area contributed by atoms with E-state index < -0.39 is 0 Å². The van der Waals surface area contributed by atoms with Gasteiger partial charge in [0.2, 0.25) is 5.82 Å². The Bertz CT molecular complexity index is 927. The van der Waals surface area contributed by atoms with Gasteiger partial charge in [0.1, 0.15) is 0 Å². The molecule has 3 heterocycles. The summed E-state index contributed by atoms with van der Waals surface area (Å²) in [6, 6.07) is 14.7. The van der Waals surface area contributed by atoms with Crippen LogP contribution in [0, 0.1) is 0 Å². The first-order chi connectivity index (χ1) is 12.2. The quantitative estimate of drug-likeness (QED) is 0.801. The fourth-order valence-corrected chi connectivity index (χ4v) is 3.13. The Hall–Kier alpha value is -3.15. The Morgan fingerprint density at radius 2 is 1.68 bits per heavy atom. The summed E-state index contributed by atoms with van der Waals surface area (Å²) < 4.78 is 1.70. The summed E-state index contributed by atoms with van der Waals surface area (Å²) in [5.41, 5.74) is 1.57. The molecule has 126 valence electrons. The Morgan fingerprint density at radius 3 is 2.44 bits per heavy atom. The third-order valence-electron chi connectivity index (χ3n) is 4.38. The van der Waals surface area contributed by atoms with Gasteiger partial charge in [0.25, 0.3) is 11.8 Å². The van der Waals surface area contributed by atoms with E-state index in [4.69, 9.17) is 0 Å². The highest BCUT2D eigenvalue weighted by Gasteiger charge is 2.26. The SMILES string of the molecule is O=C(Nc1ccccc1)c1nc(C(=O)N2CCCC2)n2ccccc12. The second-order valence-electron chi connectivity index (χ2n) is 6.06. The van der Waals surface area contributed by atoms with Gasteiger partial charge in [0.15, 0.2) is 5.69 Å². The smallest absolute Gasteiger partial charge is 0.290 e. The third-order valence-corrected chi connectivity index (χ3v) is 4.38. The minimum absolute atomic E-state index is 0.127. The lowest BCUT2D eigenvalue weighted by molar-refractivity contribution is 0.0780. The lowest BCUT2D eigenvalue weighted by atomic mass is 10.3. The van der Waals surface area contributed by atoms with Gasteiger partial charge in [-0.1, -0.05) is 24.3 Å². The van der Waals surface area contributed by atoms with Crippen molar-refractivity contribution in [1.29, 1.82) is 0 Å². The maximum atomic E-state index is 12.8. The van der Waals surface area contributed by atoms with Crippen LogP contribution in [0.3, 0.4) is 0 Å². The van der Waals surface area contributed by atoms with Crippen LogP contribution in [0.5, 0.6) is 0 Å². The molecule has 1 saturated heterocycles. The Kier molecular flexibility index (Phi) is 3.93. The predicted molar refractivity (Wildman–Crippen MR) is 94.7 cm³/mol. The molecule has 0 radical (unpaired) electrons. The van der Waals surface area contributed by atoms with Gasteiger partial charge in [-0.2, -0.15) is 0 Å². The molecule has 6 heteroatoms. The number of nitrogens with zero attached hydrogens (tertiary/aromatic N) is 3. The molecule has 2 amide bonds. The van der Waals surface area contributed by atoms with Crippen LogP contribution < -0.4 is 5.32 Å². The molecule has 1 aromatic carbocycles. The molecule has 0 unspecified atom stereocenters. The number of hydrogen-bond donors (Lipinski definition) is 1. The van der Waals surface area contributed by atoms with Crippen molar-refractivity contribution in [3.05, 3.63) is 66.2 Å². The van der Waals surface area contributed by atoms with Crippen molar-refractivity contribution in [3.63, 3.8) is 0 Å². The number of benzene rings is 1. The minimum Gasteiger partial charge on any atom is -0.336 e. The summed E-state index contributed by atoms with van der Waals surface area (Å²) in [7, 11) is 0. The Morgan fingerprint density at radius 1 is 0.960 bits per heavy atom. The molecule has 1 N–H and O–H groups in total. The number of hydrogen-bond acceptors (Lipinski definition) is 3. The van der Waals surface area contributed by atoms with E-state index in [-0.39, 0.29) is 23.3 Å². The lowest BCUT2D eigenvalue weighted by Gasteiger charge is -2.13. The maximum Gasteiger partial charge on any atom is 0.290 e. The minimum atomic E-state index is -0.324. The average molecular weight is 334 g/mol. The van der Waals surface area contributed by atoms with Crippen LogP contribution in [0.15, 0.2) is 54.7 Å². The van der Waals surface area contributed by atoms with Crippen LogP contribution >= 0.6 is 0 Å². The summed E-state index contributed by atoms with van der Waals surface area (Å²) in [6.07, 6.45) is 3.79.